The van der Waals surface area contributed by atoms with Crippen molar-refractivity contribution < 1.29 is 0 Å². The van der Waals surface area contributed by atoms with Crippen molar-refractivity contribution in [2.75, 3.05) is 0 Å². The summed E-state index contributed by atoms with van der Waals surface area (Å²) in [5.41, 5.74) is 7.04. The monoisotopic (exact) mass is 670 g/mol. The van der Waals surface area contributed by atoms with Gasteiger partial charge < -0.3 is 4.57 Å². The summed E-state index contributed by atoms with van der Waals surface area (Å²) in [5.74, 6) is 1.78. The van der Waals surface area contributed by atoms with Gasteiger partial charge in [0, 0.05) is 59.0 Å². The molecule has 238 valence electrons. The zero-order valence-electron chi connectivity index (χ0n) is 27.1. The molecule has 0 saturated carbocycles. The Balaban J connectivity index is 1.22. The molecule has 0 bridgehead atoms. The fourth-order valence-electron chi connectivity index (χ4n) is 7.69. The molecule has 0 saturated heterocycles. The molecule has 51 heavy (non-hydrogen) atoms. The second-order valence-electron chi connectivity index (χ2n) is 12.7. The van der Waals surface area contributed by atoms with E-state index in [0.717, 1.165) is 49.7 Å². The van der Waals surface area contributed by atoms with Gasteiger partial charge in [-0.1, -0.05) is 103 Å². The van der Waals surface area contributed by atoms with Crippen molar-refractivity contribution in [2.24, 2.45) is 0 Å². The molecular weight excluding hydrogens is 645 g/mol. The molecule has 5 aromatic heterocycles. The van der Waals surface area contributed by atoms with Gasteiger partial charge in [0.2, 0.25) is 5.95 Å². The van der Waals surface area contributed by atoms with E-state index in [2.05, 4.69) is 142 Å². The first kappa shape index (κ1) is 28.2. The van der Waals surface area contributed by atoms with E-state index in [1.54, 1.807) is 0 Å². The first-order valence-corrected chi connectivity index (χ1v) is 17.7. The summed E-state index contributed by atoms with van der Waals surface area (Å²) < 4.78 is 7.05. The van der Waals surface area contributed by atoms with Crippen LogP contribution < -0.4 is 0 Å². The van der Waals surface area contributed by atoms with Gasteiger partial charge in [0.25, 0.3) is 0 Å². The molecule has 0 aliphatic rings. The standard InChI is InChI=1S/C44H26N6S/c1-2-12-27(13-3-1)42-46-43(48-44(47-42)50-34-18-8-4-14-28(34)29-15-5-9-19-35(29)50)33-17-6-10-20-36(33)49-37-23-22-31-30-16-7-11-21-39(30)51-41(31)40(37)32-24-25-45-26-38(32)49/h1-26H. The fraction of sp³-hybridized carbons (Fsp3) is 0. The number of hydrogen-bond donors (Lipinski definition) is 0. The number of aromatic nitrogens is 6. The lowest BCUT2D eigenvalue weighted by Crippen LogP contribution is -2.07. The molecule has 6 aromatic carbocycles. The van der Waals surface area contributed by atoms with Crippen molar-refractivity contribution in [2.45, 2.75) is 0 Å². The van der Waals surface area contributed by atoms with Gasteiger partial charge in [-0.2, -0.15) is 9.97 Å². The van der Waals surface area contributed by atoms with Gasteiger partial charge in [-0.05, 0) is 42.5 Å². The number of rotatable bonds is 4. The predicted octanol–water partition coefficient (Wildman–Crippen LogP) is 11.2. The van der Waals surface area contributed by atoms with Gasteiger partial charge in [0.1, 0.15) is 0 Å². The van der Waals surface area contributed by atoms with E-state index in [0.29, 0.717) is 17.6 Å². The molecule has 6 nitrogen and oxygen atoms in total. The smallest absolute Gasteiger partial charge is 0.238 e. The minimum atomic E-state index is 0.571. The molecule has 11 rings (SSSR count). The van der Waals surface area contributed by atoms with E-state index in [9.17, 15) is 0 Å². The summed E-state index contributed by atoms with van der Waals surface area (Å²) in [6.45, 7) is 0. The van der Waals surface area contributed by atoms with Crippen LogP contribution in [0.4, 0.5) is 0 Å². The number of thiophene rings is 1. The van der Waals surface area contributed by atoms with E-state index < -0.39 is 0 Å². The third-order valence-corrected chi connectivity index (χ3v) is 11.1. The molecule has 0 spiro atoms. The second kappa shape index (κ2) is 10.9. The Morgan fingerprint density at radius 2 is 1.14 bits per heavy atom. The van der Waals surface area contributed by atoms with Crippen LogP contribution in [0.1, 0.15) is 0 Å². The highest BCUT2D eigenvalue weighted by Gasteiger charge is 2.22. The molecule has 0 atom stereocenters. The van der Waals surface area contributed by atoms with Crippen LogP contribution in [-0.2, 0) is 0 Å². The van der Waals surface area contributed by atoms with Gasteiger partial charge in [0.15, 0.2) is 11.6 Å². The summed E-state index contributed by atoms with van der Waals surface area (Å²) in [7, 11) is 0. The van der Waals surface area contributed by atoms with E-state index in [1.165, 1.54) is 30.9 Å². The van der Waals surface area contributed by atoms with Gasteiger partial charge >= 0.3 is 0 Å². The summed E-state index contributed by atoms with van der Waals surface area (Å²) >= 11 is 1.85. The highest BCUT2D eigenvalue weighted by molar-refractivity contribution is 7.26. The Labute approximate surface area is 295 Å². The van der Waals surface area contributed by atoms with Crippen molar-refractivity contribution in [3.63, 3.8) is 0 Å². The lowest BCUT2D eigenvalue weighted by molar-refractivity contribution is 0.951. The molecule has 5 heterocycles. The average molecular weight is 671 g/mol. The van der Waals surface area contributed by atoms with Gasteiger partial charge in [0.05, 0.1) is 34.0 Å². The lowest BCUT2D eigenvalue weighted by Gasteiger charge is -2.15. The van der Waals surface area contributed by atoms with Crippen LogP contribution in [-0.4, -0.2) is 29.1 Å². The van der Waals surface area contributed by atoms with Crippen LogP contribution in [0.5, 0.6) is 0 Å². The summed E-state index contributed by atoms with van der Waals surface area (Å²) in [6, 6.07) is 50.8. The highest BCUT2D eigenvalue weighted by Crippen LogP contribution is 2.44. The predicted molar refractivity (Wildman–Crippen MR) is 210 cm³/mol. The Morgan fingerprint density at radius 1 is 0.451 bits per heavy atom. The third kappa shape index (κ3) is 4.16. The first-order chi connectivity index (χ1) is 25.3. The molecule has 0 fully saturated rings. The van der Waals surface area contributed by atoms with Crippen LogP contribution in [0.15, 0.2) is 158 Å². The topological polar surface area (TPSA) is 61.4 Å². The molecular formula is C44H26N6S. The molecule has 0 amide bonds. The van der Waals surface area contributed by atoms with Crippen LogP contribution in [0.25, 0.3) is 98.2 Å². The largest absolute Gasteiger partial charge is 0.307 e. The Bertz CT molecular complexity index is 3100. The Morgan fingerprint density at radius 3 is 1.96 bits per heavy atom. The number of benzene rings is 6. The highest BCUT2D eigenvalue weighted by atomic mass is 32.1. The van der Waals surface area contributed by atoms with Gasteiger partial charge in [-0.15, -0.1) is 11.3 Å². The third-order valence-electron chi connectivity index (χ3n) is 9.90. The van der Waals surface area contributed by atoms with Crippen molar-refractivity contribution >= 4 is 75.1 Å². The lowest BCUT2D eigenvalue weighted by atomic mass is 10.1. The Hall–Kier alpha value is -6.70. The van der Waals surface area contributed by atoms with E-state index in [1.807, 2.05) is 41.9 Å². The normalized spacial score (nSPS) is 11.9. The van der Waals surface area contributed by atoms with Crippen LogP contribution in [0, 0.1) is 0 Å². The molecule has 0 aliphatic carbocycles. The summed E-state index contributed by atoms with van der Waals surface area (Å²) in [6.07, 6.45) is 3.86. The van der Waals surface area contributed by atoms with Crippen molar-refractivity contribution in [3.05, 3.63) is 158 Å². The molecule has 0 unspecified atom stereocenters. The van der Waals surface area contributed by atoms with E-state index in [4.69, 9.17) is 15.0 Å². The Kier molecular flexibility index (Phi) is 6.02. The van der Waals surface area contributed by atoms with Crippen LogP contribution in [0.3, 0.4) is 0 Å². The summed E-state index contributed by atoms with van der Waals surface area (Å²) in [4.78, 5) is 20.2. The number of para-hydroxylation sites is 3. The van der Waals surface area contributed by atoms with E-state index in [-0.39, 0.29) is 0 Å². The minimum Gasteiger partial charge on any atom is -0.307 e. The zero-order valence-corrected chi connectivity index (χ0v) is 27.9. The molecule has 0 radical (unpaired) electrons. The fourth-order valence-corrected chi connectivity index (χ4v) is 8.95. The maximum Gasteiger partial charge on any atom is 0.238 e. The zero-order chi connectivity index (χ0) is 33.5. The van der Waals surface area contributed by atoms with Gasteiger partial charge in [-0.3, -0.25) is 9.55 Å². The number of pyridine rings is 1. The summed E-state index contributed by atoms with van der Waals surface area (Å²) in [5, 5.41) is 7.26. The molecule has 0 aliphatic heterocycles. The molecule has 7 heteroatoms. The van der Waals surface area contributed by atoms with Crippen LogP contribution >= 0.6 is 11.3 Å². The number of fused-ring (bicyclic) bond motifs is 10. The van der Waals surface area contributed by atoms with Crippen molar-refractivity contribution in [3.8, 4) is 34.4 Å². The number of hydrogen-bond acceptors (Lipinski definition) is 5. The quantitative estimate of drug-likeness (QED) is 0.187. The first-order valence-electron chi connectivity index (χ1n) is 16.9. The SMILES string of the molecule is c1ccc(-c2nc(-c3ccccc3-n3c4cnccc4c4c5sc6ccccc6c5ccc43)nc(-n3c4ccccc4c4ccccc43)n2)cc1. The maximum atomic E-state index is 5.30. The molecule has 0 N–H and O–H groups in total. The van der Waals surface area contributed by atoms with Crippen molar-refractivity contribution in [1.29, 1.82) is 0 Å². The number of nitrogens with zero attached hydrogens (tertiary/aromatic N) is 6. The van der Waals surface area contributed by atoms with Crippen molar-refractivity contribution in [1.82, 2.24) is 29.1 Å². The average Bonchev–Trinajstić information content (AvgIpc) is 3.86. The van der Waals surface area contributed by atoms with E-state index >= 15 is 0 Å². The molecule has 11 aromatic rings. The second-order valence-corrected chi connectivity index (χ2v) is 13.8. The van der Waals surface area contributed by atoms with Crippen LogP contribution in [0.2, 0.25) is 0 Å². The minimum absolute atomic E-state index is 0.571. The van der Waals surface area contributed by atoms with Gasteiger partial charge in [-0.25, -0.2) is 4.98 Å². The maximum absolute atomic E-state index is 5.30.